The van der Waals surface area contributed by atoms with E-state index in [-0.39, 0.29) is 10.9 Å². The van der Waals surface area contributed by atoms with E-state index in [2.05, 4.69) is 17.3 Å². The number of carbonyl (C=O) groups is 1. The van der Waals surface area contributed by atoms with Crippen molar-refractivity contribution >= 4 is 22.2 Å². The van der Waals surface area contributed by atoms with Gasteiger partial charge in [0.1, 0.15) is 0 Å². The van der Waals surface area contributed by atoms with Gasteiger partial charge in [0.2, 0.25) is 0 Å². The molecule has 1 N–H and O–H groups in total. The van der Waals surface area contributed by atoms with Crippen LogP contribution in [-0.4, -0.2) is 41.9 Å². The highest BCUT2D eigenvalue weighted by atomic mass is 32.1. The first-order valence-electron chi connectivity index (χ1n) is 7.80. The number of nitro groups is 1. The van der Waals surface area contributed by atoms with Crippen LogP contribution in [0.15, 0.2) is 12.1 Å². The lowest BCUT2D eigenvalue weighted by Gasteiger charge is -2.31. The van der Waals surface area contributed by atoms with Gasteiger partial charge in [0.05, 0.1) is 9.80 Å². The second-order valence-corrected chi connectivity index (χ2v) is 6.84. The second kappa shape index (κ2) is 8.24. The first-order valence-corrected chi connectivity index (χ1v) is 8.62. The number of hydrogen-bond acceptors (Lipinski definition) is 5. The molecule has 6 nitrogen and oxygen atoms in total. The van der Waals surface area contributed by atoms with Crippen molar-refractivity contribution in [2.45, 2.75) is 44.6 Å². The Morgan fingerprint density at radius 2 is 2.14 bits per heavy atom. The fraction of sp³-hybridized carbons (Fsp3) is 0.667. The molecule has 0 radical (unpaired) electrons. The molecule has 0 bridgehead atoms. The molecule has 22 heavy (non-hydrogen) atoms. The van der Waals surface area contributed by atoms with Crippen molar-refractivity contribution < 1.29 is 9.72 Å². The first kappa shape index (κ1) is 16.9. The fourth-order valence-corrected chi connectivity index (χ4v) is 3.61. The largest absolute Gasteiger partial charge is 0.351 e. The van der Waals surface area contributed by atoms with Gasteiger partial charge in [0, 0.05) is 18.7 Å². The third kappa shape index (κ3) is 4.78. The van der Waals surface area contributed by atoms with Crippen LogP contribution in [0.2, 0.25) is 0 Å². The number of hydrogen-bond donors (Lipinski definition) is 1. The number of nitrogens with one attached hydrogen (secondary N) is 1. The molecule has 122 valence electrons. The van der Waals surface area contributed by atoms with Gasteiger partial charge in [0.15, 0.2) is 0 Å². The number of rotatable bonds is 7. The average molecular weight is 325 g/mol. The highest BCUT2D eigenvalue weighted by Crippen LogP contribution is 2.24. The maximum absolute atomic E-state index is 11.9. The highest BCUT2D eigenvalue weighted by molar-refractivity contribution is 7.17. The van der Waals surface area contributed by atoms with Gasteiger partial charge in [-0.05, 0) is 38.9 Å². The van der Waals surface area contributed by atoms with Crippen LogP contribution < -0.4 is 5.32 Å². The zero-order chi connectivity index (χ0) is 15.9. The summed E-state index contributed by atoms with van der Waals surface area (Å²) in [5.41, 5.74) is 0. The maximum atomic E-state index is 11.9. The Balaban J connectivity index is 1.67. The summed E-state index contributed by atoms with van der Waals surface area (Å²) in [5, 5.41) is 13.4. The second-order valence-electron chi connectivity index (χ2n) is 5.78. The van der Waals surface area contributed by atoms with Crippen LogP contribution in [0.3, 0.4) is 0 Å². The molecule has 2 rings (SSSR count). The van der Waals surface area contributed by atoms with E-state index in [1.807, 2.05) is 0 Å². The number of nitrogens with zero attached hydrogens (tertiary/aromatic N) is 2. The van der Waals surface area contributed by atoms with Crippen molar-refractivity contribution in [1.29, 1.82) is 0 Å². The van der Waals surface area contributed by atoms with Crippen LogP contribution in [0.1, 0.15) is 48.2 Å². The molecule has 1 fully saturated rings. The summed E-state index contributed by atoms with van der Waals surface area (Å²) in [7, 11) is 2.15. The van der Waals surface area contributed by atoms with Crippen molar-refractivity contribution in [3.05, 3.63) is 27.1 Å². The van der Waals surface area contributed by atoms with Crippen LogP contribution in [0.25, 0.3) is 0 Å². The number of thiophene rings is 1. The lowest BCUT2D eigenvalue weighted by molar-refractivity contribution is -0.380. The average Bonchev–Trinajstić information content (AvgIpc) is 3.02. The quantitative estimate of drug-likeness (QED) is 0.475. The van der Waals surface area contributed by atoms with E-state index in [4.69, 9.17) is 0 Å². The number of carbonyl (C=O) groups excluding carboxylic acids is 1. The summed E-state index contributed by atoms with van der Waals surface area (Å²) in [5.74, 6) is -0.224. The van der Waals surface area contributed by atoms with E-state index in [0.717, 1.165) is 24.3 Å². The van der Waals surface area contributed by atoms with E-state index < -0.39 is 4.92 Å². The summed E-state index contributed by atoms with van der Waals surface area (Å²) in [6, 6.07) is 3.56. The molecule has 1 aromatic rings. The molecule has 0 saturated heterocycles. The van der Waals surface area contributed by atoms with Crippen molar-refractivity contribution in [3.63, 3.8) is 0 Å². The smallest absolute Gasteiger partial charge is 0.324 e. The molecule has 1 aliphatic rings. The summed E-state index contributed by atoms with van der Waals surface area (Å²) in [6.07, 6.45) is 7.45. The van der Waals surface area contributed by atoms with Crippen LogP contribution in [0.4, 0.5) is 5.00 Å². The molecule has 0 atom stereocenters. The topological polar surface area (TPSA) is 75.5 Å². The van der Waals surface area contributed by atoms with Gasteiger partial charge in [-0.3, -0.25) is 14.9 Å². The Bertz CT molecular complexity index is 512. The van der Waals surface area contributed by atoms with Crippen LogP contribution >= 0.6 is 11.3 Å². The SMILES string of the molecule is CN(CCCNC(=O)c1ccc([N+](=O)[O-])s1)C1CCCCC1. The normalized spacial score (nSPS) is 15.9. The molecule has 1 heterocycles. The Hall–Kier alpha value is -1.47. The predicted molar refractivity (Wildman–Crippen MR) is 87.4 cm³/mol. The van der Waals surface area contributed by atoms with Crippen molar-refractivity contribution in [2.75, 3.05) is 20.1 Å². The zero-order valence-corrected chi connectivity index (χ0v) is 13.7. The maximum Gasteiger partial charge on any atom is 0.324 e. The minimum atomic E-state index is -0.472. The lowest BCUT2D eigenvalue weighted by Crippen LogP contribution is -2.35. The summed E-state index contributed by atoms with van der Waals surface area (Å²) in [6.45, 7) is 1.57. The minimum Gasteiger partial charge on any atom is -0.351 e. The van der Waals surface area contributed by atoms with E-state index in [0.29, 0.717) is 17.5 Å². The molecule has 7 heteroatoms. The van der Waals surface area contributed by atoms with E-state index in [1.54, 1.807) is 0 Å². The van der Waals surface area contributed by atoms with Crippen LogP contribution in [0, 0.1) is 10.1 Å². The van der Waals surface area contributed by atoms with Gasteiger partial charge in [-0.2, -0.15) is 0 Å². The molecule has 1 saturated carbocycles. The molecule has 1 aliphatic carbocycles. The van der Waals surface area contributed by atoms with Crippen molar-refractivity contribution in [1.82, 2.24) is 10.2 Å². The number of amides is 1. The molecule has 0 aromatic carbocycles. The monoisotopic (exact) mass is 325 g/mol. The molecule has 1 amide bonds. The van der Waals surface area contributed by atoms with E-state index in [1.165, 1.54) is 44.2 Å². The predicted octanol–water partition coefficient (Wildman–Crippen LogP) is 3.04. The van der Waals surface area contributed by atoms with Gasteiger partial charge in [-0.15, -0.1) is 0 Å². The Morgan fingerprint density at radius 3 is 2.77 bits per heavy atom. The molecule has 0 spiro atoms. The molecule has 1 aromatic heterocycles. The highest BCUT2D eigenvalue weighted by Gasteiger charge is 2.18. The minimum absolute atomic E-state index is 0.00202. The third-order valence-electron chi connectivity index (χ3n) is 4.17. The standard InChI is InChI=1S/C15H23N3O3S/c1-17(12-6-3-2-4-7-12)11-5-10-16-15(19)13-8-9-14(22-13)18(20)21/h8-9,12H,2-7,10-11H2,1H3,(H,16,19). The molecule has 0 aliphatic heterocycles. The molecular formula is C15H23N3O3S. The molecular weight excluding hydrogens is 302 g/mol. The van der Waals surface area contributed by atoms with Crippen LogP contribution in [0.5, 0.6) is 0 Å². The first-order chi connectivity index (χ1) is 10.6. The van der Waals surface area contributed by atoms with Crippen LogP contribution in [-0.2, 0) is 0 Å². The summed E-state index contributed by atoms with van der Waals surface area (Å²) >= 11 is 0.915. The van der Waals surface area contributed by atoms with Gasteiger partial charge < -0.3 is 10.2 Å². The van der Waals surface area contributed by atoms with E-state index in [9.17, 15) is 14.9 Å². The van der Waals surface area contributed by atoms with Gasteiger partial charge in [-0.1, -0.05) is 30.6 Å². The lowest BCUT2D eigenvalue weighted by atomic mass is 9.94. The summed E-state index contributed by atoms with van der Waals surface area (Å²) in [4.78, 5) is 24.8. The zero-order valence-electron chi connectivity index (χ0n) is 12.9. The third-order valence-corrected chi connectivity index (χ3v) is 5.20. The van der Waals surface area contributed by atoms with Gasteiger partial charge in [0.25, 0.3) is 5.91 Å². The van der Waals surface area contributed by atoms with Gasteiger partial charge in [-0.25, -0.2) is 0 Å². The van der Waals surface area contributed by atoms with E-state index >= 15 is 0 Å². The molecule has 0 unspecified atom stereocenters. The summed E-state index contributed by atoms with van der Waals surface area (Å²) < 4.78 is 0. The van der Waals surface area contributed by atoms with Gasteiger partial charge >= 0.3 is 5.00 Å². The fourth-order valence-electron chi connectivity index (χ4n) is 2.87. The van der Waals surface area contributed by atoms with Crippen molar-refractivity contribution in [3.8, 4) is 0 Å². The Labute approximate surface area is 134 Å². The van der Waals surface area contributed by atoms with Crippen molar-refractivity contribution in [2.24, 2.45) is 0 Å². The Morgan fingerprint density at radius 1 is 1.41 bits per heavy atom. The Kier molecular flexibility index (Phi) is 6.33.